The van der Waals surface area contributed by atoms with Gasteiger partial charge in [0.1, 0.15) is 5.60 Å². The van der Waals surface area contributed by atoms with Gasteiger partial charge in [-0.3, -0.25) is 4.98 Å². The zero-order valence-corrected chi connectivity index (χ0v) is 15.0. The molecule has 0 unspecified atom stereocenters. The van der Waals surface area contributed by atoms with Crippen LogP contribution in [-0.4, -0.2) is 40.8 Å². The molecule has 1 saturated heterocycles. The summed E-state index contributed by atoms with van der Waals surface area (Å²) in [5.74, 6) is -0.235. The number of hydrogen-bond acceptors (Lipinski definition) is 5. The minimum atomic E-state index is -0.518. The van der Waals surface area contributed by atoms with Gasteiger partial charge in [-0.05, 0) is 60.1 Å². The highest BCUT2D eigenvalue weighted by Crippen LogP contribution is 2.31. The van der Waals surface area contributed by atoms with Crippen LogP contribution in [0, 0.1) is 0 Å². The highest BCUT2D eigenvalue weighted by molar-refractivity contribution is 5.82. The van der Waals surface area contributed by atoms with Gasteiger partial charge in [0.05, 0.1) is 11.7 Å². The number of carbonyl (C=O) groups excluding carboxylic acids is 1. The Morgan fingerprint density at radius 1 is 1.13 bits per heavy atom. The second-order valence-electron chi connectivity index (χ2n) is 7.93. The molecule has 0 amide bonds. The van der Waals surface area contributed by atoms with Crippen molar-refractivity contribution >= 4 is 11.7 Å². The lowest BCUT2D eigenvalue weighted by molar-refractivity contribution is -0.162. The van der Waals surface area contributed by atoms with Gasteiger partial charge < -0.3 is 14.4 Å². The number of rotatable bonds is 3. The fraction of sp³-hybridized carbons (Fsp3) is 0.667. The molecule has 128 valence electrons. The van der Waals surface area contributed by atoms with Crippen molar-refractivity contribution in [1.82, 2.24) is 4.98 Å². The summed E-state index contributed by atoms with van der Waals surface area (Å²) >= 11 is 0. The van der Waals surface area contributed by atoms with Crippen LogP contribution in [0.4, 0.5) is 5.69 Å². The van der Waals surface area contributed by atoms with Gasteiger partial charge in [-0.25, -0.2) is 4.79 Å². The molecule has 0 aliphatic carbocycles. The lowest BCUT2D eigenvalue weighted by atomic mass is 10.1. The van der Waals surface area contributed by atoms with E-state index in [2.05, 4.69) is 9.88 Å². The second-order valence-corrected chi connectivity index (χ2v) is 7.93. The molecule has 0 bridgehead atoms. The molecule has 5 nitrogen and oxygen atoms in total. The number of anilines is 1. The van der Waals surface area contributed by atoms with Gasteiger partial charge in [0.15, 0.2) is 6.04 Å². The molecular formula is C18H28N2O3. The van der Waals surface area contributed by atoms with E-state index in [-0.39, 0.29) is 17.7 Å². The molecule has 0 spiro atoms. The number of aromatic nitrogens is 1. The Bertz CT molecular complexity index is 531. The molecule has 0 saturated carbocycles. The molecule has 5 heteroatoms. The van der Waals surface area contributed by atoms with Crippen LogP contribution in [0.5, 0.6) is 0 Å². The summed E-state index contributed by atoms with van der Waals surface area (Å²) in [6.45, 7) is 12.4. The Hall–Kier alpha value is -1.62. The van der Waals surface area contributed by atoms with E-state index >= 15 is 0 Å². The van der Waals surface area contributed by atoms with Crippen LogP contribution in [0.2, 0.25) is 0 Å². The number of pyridine rings is 1. The molecule has 1 aliphatic rings. The fourth-order valence-electron chi connectivity index (χ4n) is 2.81. The molecule has 0 radical (unpaired) electrons. The van der Waals surface area contributed by atoms with Crippen LogP contribution in [0.15, 0.2) is 24.5 Å². The van der Waals surface area contributed by atoms with E-state index < -0.39 is 11.6 Å². The maximum Gasteiger partial charge on any atom is 0.332 e. The standard InChI is InChI=1S/C18H28N2O3/c1-17(2,3)22-14-9-12-20(13-7-10-19-11-8-13)15(14)16(21)23-18(4,5)6/h7-8,10-11,14-15H,9,12H2,1-6H3/t14-,15-/m0/s1. The first-order chi connectivity index (χ1) is 10.6. The van der Waals surface area contributed by atoms with E-state index in [0.29, 0.717) is 0 Å². The molecule has 1 aliphatic heterocycles. The molecule has 2 atom stereocenters. The van der Waals surface area contributed by atoms with Crippen molar-refractivity contribution in [3.05, 3.63) is 24.5 Å². The molecular weight excluding hydrogens is 292 g/mol. The molecule has 0 N–H and O–H groups in total. The topological polar surface area (TPSA) is 51.7 Å². The number of nitrogens with zero attached hydrogens (tertiary/aromatic N) is 2. The van der Waals surface area contributed by atoms with Gasteiger partial charge in [-0.2, -0.15) is 0 Å². The van der Waals surface area contributed by atoms with E-state index in [0.717, 1.165) is 18.7 Å². The predicted octanol–water partition coefficient (Wildman–Crippen LogP) is 3.19. The molecule has 1 aromatic rings. The summed E-state index contributed by atoms with van der Waals surface area (Å²) in [6.07, 6.45) is 4.08. The van der Waals surface area contributed by atoms with Gasteiger partial charge in [0, 0.05) is 24.6 Å². The van der Waals surface area contributed by atoms with Crippen LogP contribution in [0.1, 0.15) is 48.0 Å². The zero-order valence-electron chi connectivity index (χ0n) is 15.0. The third kappa shape index (κ3) is 4.93. The van der Waals surface area contributed by atoms with Crippen molar-refractivity contribution in [1.29, 1.82) is 0 Å². The number of carbonyl (C=O) groups is 1. The Morgan fingerprint density at radius 3 is 2.26 bits per heavy atom. The molecule has 2 rings (SSSR count). The maximum atomic E-state index is 12.8. The van der Waals surface area contributed by atoms with Crippen molar-refractivity contribution in [2.75, 3.05) is 11.4 Å². The first kappa shape index (κ1) is 17.7. The van der Waals surface area contributed by atoms with Crippen LogP contribution >= 0.6 is 0 Å². The van der Waals surface area contributed by atoms with Crippen molar-refractivity contribution in [3.8, 4) is 0 Å². The normalized spacial score (nSPS) is 22.3. The minimum absolute atomic E-state index is 0.182. The molecule has 1 fully saturated rings. The van der Waals surface area contributed by atoms with E-state index in [4.69, 9.17) is 9.47 Å². The second kappa shape index (κ2) is 6.48. The number of esters is 1. The van der Waals surface area contributed by atoms with Crippen LogP contribution in [0.25, 0.3) is 0 Å². The van der Waals surface area contributed by atoms with E-state index in [9.17, 15) is 4.79 Å². The van der Waals surface area contributed by atoms with Crippen molar-refractivity contribution in [2.24, 2.45) is 0 Å². The molecule has 1 aromatic heterocycles. The zero-order chi connectivity index (χ0) is 17.3. The van der Waals surface area contributed by atoms with Crippen LogP contribution in [-0.2, 0) is 14.3 Å². The van der Waals surface area contributed by atoms with Crippen LogP contribution < -0.4 is 4.90 Å². The Morgan fingerprint density at radius 2 is 1.74 bits per heavy atom. The summed E-state index contributed by atoms with van der Waals surface area (Å²) < 4.78 is 11.8. The Balaban J connectivity index is 2.26. The summed E-state index contributed by atoms with van der Waals surface area (Å²) in [5, 5.41) is 0. The van der Waals surface area contributed by atoms with Gasteiger partial charge in [0.2, 0.25) is 0 Å². The van der Waals surface area contributed by atoms with Crippen molar-refractivity contribution < 1.29 is 14.3 Å². The van der Waals surface area contributed by atoms with E-state index in [1.165, 1.54) is 0 Å². The number of ether oxygens (including phenoxy) is 2. The molecule has 2 heterocycles. The Kier molecular flexibility index (Phi) is 4.99. The summed E-state index contributed by atoms with van der Waals surface area (Å²) in [5.41, 5.74) is 0.144. The van der Waals surface area contributed by atoms with Crippen molar-refractivity contribution in [2.45, 2.75) is 71.3 Å². The largest absolute Gasteiger partial charge is 0.458 e. The first-order valence-corrected chi connectivity index (χ1v) is 8.14. The van der Waals surface area contributed by atoms with Gasteiger partial charge in [-0.15, -0.1) is 0 Å². The van der Waals surface area contributed by atoms with Gasteiger partial charge in [0.25, 0.3) is 0 Å². The van der Waals surface area contributed by atoms with Crippen molar-refractivity contribution in [3.63, 3.8) is 0 Å². The average molecular weight is 320 g/mol. The minimum Gasteiger partial charge on any atom is -0.458 e. The first-order valence-electron chi connectivity index (χ1n) is 8.14. The average Bonchev–Trinajstić information content (AvgIpc) is 2.79. The molecule has 23 heavy (non-hydrogen) atoms. The summed E-state index contributed by atoms with van der Waals surface area (Å²) in [6, 6.07) is 3.39. The van der Waals surface area contributed by atoms with E-state index in [1.807, 2.05) is 53.7 Å². The monoisotopic (exact) mass is 320 g/mol. The summed E-state index contributed by atoms with van der Waals surface area (Å²) in [4.78, 5) is 18.9. The quantitative estimate of drug-likeness (QED) is 0.801. The van der Waals surface area contributed by atoms with Crippen LogP contribution in [0.3, 0.4) is 0 Å². The lowest BCUT2D eigenvalue weighted by Crippen LogP contribution is -2.48. The highest BCUT2D eigenvalue weighted by Gasteiger charge is 2.44. The molecule has 0 aromatic carbocycles. The highest BCUT2D eigenvalue weighted by atomic mass is 16.6. The maximum absolute atomic E-state index is 12.8. The third-order valence-corrected chi connectivity index (χ3v) is 3.49. The summed E-state index contributed by atoms with van der Waals surface area (Å²) in [7, 11) is 0. The SMILES string of the molecule is CC(C)(C)OC(=O)[C@@H]1[C@@H](OC(C)(C)C)CCN1c1ccncc1. The smallest absolute Gasteiger partial charge is 0.332 e. The fourth-order valence-corrected chi connectivity index (χ4v) is 2.81. The lowest BCUT2D eigenvalue weighted by Gasteiger charge is -2.33. The third-order valence-electron chi connectivity index (χ3n) is 3.49. The van der Waals surface area contributed by atoms with Gasteiger partial charge >= 0.3 is 5.97 Å². The van der Waals surface area contributed by atoms with E-state index in [1.54, 1.807) is 12.4 Å². The predicted molar refractivity (Wildman–Crippen MR) is 90.5 cm³/mol. The van der Waals surface area contributed by atoms with Gasteiger partial charge in [-0.1, -0.05) is 0 Å². The number of hydrogen-bond donors (Lipinski definition) is 0. The Labute approximate surface area is 139 Å².